The van der Waals surface area contributed by atoms with Crippen LogP contribution in [0.4, 0.5) is 11.4 Å². The van der Waals surface area contributed by atoms with Gasteiger partial charge in [-0.15, -0.1) is 0 Å². The summed E-state index contributed by atoms with van der Waals surface area (Å²) in [7, 11) is 0. The first-order valence-electron chi connectivity index (χ1n) is 8.43. The Morgan fingerprint density at radius 1 is 1.11 bits per heavy atom. The van der Waals surface area contributed by atoms with Gasteiger partial charge in [-0.25, -0.2) is 9.59 Å². The van der Waals surface area contributed by atoms with E-state index in [0.717, 1.165) is 0 Å². The first-order valence-corrected chi connectivity index (χ1v) is 8.43. The van der Waals surface area contributed by atoms with Crippen LogP contribution in [-0.2, 0) is 16.0 Å². The predicted octanol–water partition coefficient (Wildman–Crippen LogP) is 3.20. The standard InChI is InChI=1S/C18H21N3O6/c1-4-26-17(22)15-11(3)16(18(23)27-5-2)20-14(15)10-19-12-6-8-13(9-7-12)21(24)25/h6-9,19-20H,4-5,10H2,1-3H3. The van der Waals surface area contributed by atoms with Gasteiger partial charge in [0.25, 0.3) is 5.69 Å². The molecule has 0 aliphatic rings. The molecule has 2 aromatic rings. The zero-order valence-electron chi connectivity index (χ0n) is 15.3. The minimum atomic E-state index is -0.554. The fourth-order valence-electron chi connectivity index (χ4n) is 2.57. The number of nitrogens with zero attached hydrogens (tertiary/aromatic N) is 1. The number of anilines is 1. The molecular weight excluding hydrogens is 354 g/mol. The van der Waals surface area contributed by atoms with Crippen molar-refractivity contribution in [1.82, 2.24) is 4.98 Å². The van der Waals surface area contributed by atoms with Crippen LogP contribution in [0.2, 0.25) is 0 Å². The Kier molecular flexibility index (Phi) is 6.53. The summed E-state index contributed by atoms with van der Waals surface area (Å²) in [4.78, 5) is 37.6. The van der Waals surface area contributed by atoms with Crippen molar-refractivity contribution in [2.24, 2.45) is 0 Å². The van der Waals surface area contributed by atoms with Crippen LogP contribution in [0.5, 0.6) is 0 Å². The first-order chi connectivity index (χ1) is 12.9. The highest BCUT2D eigenvalue weighted by Gasteiger charge is 2.25. The molecule has 1 aromatic carbocycles. The van der Waals surface area contributed by atoms with Crippen LogP contribution in [0.1, 0.15) is 46.0 Å². The van der Waals surface area contributed by atoms with Crippen LogP contribution in [0.3, 0.4) is 0 Å². The second-order valence-electron chi connectivity index (χ2n) is 5.58. The average Bonchev–Trinajstić information content (AvgIpc) is 2.97. The van der Waals surface area contributed by atoms with E-state index in [4.69, 9.17) is 9.47 Å². The maximum absolute atomic E-state index is 12.3. The second kappa shape index (κ2) is 8.84. The van der Waals surface area contributed by atoms with Crippen molar-refractivity contribution in [1.29, 1.82) is 0 Å². The van der Waals surface area contributed by atoms with Gasteiger partial charge in [-0.3, -0.25) is 10.1 Å². The number of non-ortho nitro benzene ring substituents is 1. The number of hydrogen-bond acceptors (Lipinski definition) is 7. The van der Waals surface area contributed by atoms with Gasteiger partial charge < -0.3 is 19.8 Å². The zero-order valence-corrected chi connectivity index (χ0v) is 15.3. The molecule has 1 aromatic heterocycles. The number of nitrogens with one attached hydrogen (secondary N) is 2. The van der Waals surface area contributed by atoms with Gasteiger partial charge in [-0.05, 0) is 38.5 Å². The Morgan fingerprint density at radius 2 is 1.70 bits per heavy atom. The third-order valence-electron chi connectivity index (χ3n) is 3.83. The van der Waals surface area contributed by atoms with E-state index in [2.05, 4.69) is 10.3 Å². The molecule has 0 amide bonds. The lowest BCUT2D eigenvalue weighted by Crippen LogP contribution is -2.11. The van der Waals surface area contributed by atoms with Gasteiger partial charge in [0.1, 0.15) is 5.69 Å². The molecular formula is C18H21N3O6. The fraction of sp³-hybridized carbons (Fsp3) is 0.333. The maximum Gasteiger partial charge on any atom is 0.355 e. The van der Waals surface area contributed by atoms with E-state index in [1.54, 1.807) is 32.9 Å². The number of aromatic amines is 1. The fourth-order valence-corrected chi connectivity index (χ4v) is 2.57. The number of H-pyrrole nitrogens is 1. The van der Waals surface area contributed by atoms with E-state index in [0.29, 0.717) is 16.9 Å². The molecule has 0 atom stereocenters. The van der Waals surface area contributed by atoms with Gasteiger partial charge in [-0.1, -0.05) is 0 Å². The maximum atomic E-state index is 12.3. The van der Waals surface area contributed by atoms with Crippen LogP contribution in [0, 0.1) is 17.0 Å². The van der Waals surface area contributed by atoms with Crippen molar-refractivity contribution < 1.29 is 24.0 Å². The van der Waals surface area contributed by atoms with E-state index in [1.807, 2.05) is 0 Å². The molecule has 0 spiro atoms. The topological polar surface area (TPSA) is 124 Å². The molecule has 9 heteroatoms. The van der Waals surface area contributed by atoms with E-state index >= 15 is 0 Å². The second-order valence-corrected chi connectivity index (χ2v) is 5.58. The summed E-state index contributed by atoms with van der Waals surface area (Å²) in [5.74, 6) is -1.09. The molecule has 2 rings (SSSR count). The van der Waals surface area contributed by atoms with E-state index < -0.39 is 16.9 Å². The normalized spacial score (nSPS) is 10.3. The monoisotopic (exact) mass is 375 g/mol. The molecule has 0 fully saturated rings. The Hall–Kier alpha value is -3.36. The predicted molar refractivity (Wildman–Crippen MR) is 97.9 cm³/mol. The Bertz CT molecular complexity index is 842. The van der Waals surface area contributed by atoms with Gasteiger partial charge in [-0.2, -0.15) is 0 Å². The lowest BCUT2D eigenvalue weighted by Gasteiger charge is -2.08. The summed E-state index contributed by atoms with van der Waals surface area (Å²) < 4.78 is 10.1. The first kappa shape index (κ1) is 20.0. The number of nitro groups is 1. The minimum absolute atomic E-state index is 0.0203. The van der Waals surface area contributed by atoms with E-state index in [1.165, 1.54) is 12.1 Å². The molecule has 1 heterocycles. The molecule has 0 aliphatic heterocycles. The van der Waals surface area contributed by atoms with Gasteiger partial charge >= 0.3 is 11.9 Å². The SMILES string of the molecule is CCOC(=O)c1[nH]c(CNc2ccc([N+](=O)[O-])cc2)c(C(=O)OCC)c1C. The zero-order chi connectivity index (χ0) is 20.0. The molecule has 0 saturated heterocycles. The van der Waals surface area contributed by atoms with E-state index in [9.17, 15) is 19.7 Å². The number of hydrogen-bond donors (Lipinski definition) is 2. The Labute approximate surface area is 155 Å². The molecule has 0 bridgehead atoms. The quantitative estimate of drug-likeness (QED) is 0.412. The molecule has 27 heavy (non-hydrogen) atoms. The minimum Gasteiger partial charge on any atom is -0.462 e. The summed E-state index contributed by atoms with van der Waals surface area (Å²) in [6, 6.07) is 5.87. The van der Waals surface area contributed by atoms with Crippen molar-refractivity contribution in [3.05, 3.63) is 56.9 Å². The average molecular weight is 375 g/mol. The highest BCUT2D eigenvalue weighted by Crippen LogP contribution is 2.22. The Morgan fingerprint density at radius 3 is 2.26 bits per heavy atom. The van der Waals surface area contributed by atoms with Crippen molar-refractivity contribution in [2.45, 2.75) is 27.3 Å². The van der Waals surface area contributed by atoms with Crippen molar-refractivity contribution in [2.75, 3.05) is 18.5 Å². The highest BCUT2D eigenvalue weighted by atomic mass is 16.6. The summed E-state index contributed by atoms with van der Waals surface area (Å²) in [6.45, 7) is 5.63. The van der Waals surface area contributed by atoms with Crippen LogP contribution < -0.4 is 5.32 Å². The van der Waals surface area contributed by atoms with Gasteiger partial charge in [0.15, 0.2) is 0 Å². The molecule has 0 unspecified atom stereocenters. The summed E-state index contributed by atoms with van der Waals surface area (Å²) in [6.07, 6.45) is 0. The van der Waals surface area contributed by atoms with Crippen molar-refractivity contribution in [3.63, 3.8) is 0 Å². The van der Waals surface area contributed by atoms with E-state index in [-0.39, 0.29) is 36.7 Å². The number of nitro benzene ring substituents is 1. The lowest BCUT2D eigenvalue weighted by atomic mass is 10.1. The van der Waals surface area contributed by atoms with Gasteiger partial charge in [0.2, 0.25) is 0 Å². The number of carbonyl (C=O) groups is 2. The summed E-state index contributed by atoms with van der Waals surface area (Å²) >= 11 is 0. The van der Waals surface area contributed by atoms with Crippen LogP contribution in [0.25, 0.3) is 0 Å². The van der Waals surface area contributed by atoms with Crippen LogP contribution in [-0.4, -0.2) is 35.1 Å². The van der Waals surface area contributed by atoms with Crippen LogP contribution >= 0.6 is 0 Å². The van der Waals surface area contributed by atoms with Gasteiger partial charge in [0.05, 0.1) is 30.2 Å². The molecule has 0 radical (unpaired) electrons. The number of aromatic nitrogens is 1. The largest absolute Gasteiger partial charge is 0.462 e. The third kappa shape index (κ3) is 4.63. The number of esters is 2. The highest BCUT2D eigenvalue weighted by molar-refractivity contribution is 5.98. The third-order valence-corrected chi connectivity index (χ3v) is 3.83. The van der Waals surface area contributed by atoms with Crippen LogP contribution in [0.15, 0.2) is 24.3 Å². The van der Waals surface area contributed by atoms with Crippen molar-refractivity contribution in [3.8, 4) is 0 Å². The molecule has 144 valence electrons. The molecule has 9 nitrogen and oxygen atoms in total. The number of rotatable bonds is 8. The number of benzene rings is 1. The lowest BCUT2D eigenvalue weighted by molar-refractivity contribution is -0.384. The molecule has 0 saturated carbocycles. The van der Waals surface area contributed by atoms with Crippen molar-refractivity contribution >= 4 is 23.3 Å². The number of ether oxygens (including phenoxy) is 2. The summed E-state index contributed by atoms with van der Waals surface area (Å²) in [5.41, 5.74) is 1.99. The van der Waals surface area contributed by atoms with Gasteiger partial charge in [0, 0.05) is 23.5 Å². The molecule has 2 N–H and O–H groups in total. The smallest absolute Gasteiger partial charge is 0.355 e. The summed E-state index contributed by atoms with van der Waals surface area (Å²) in [5, 5.41) is 13.8. The Balaban J connectivity index is 2.27. The molecule has 0 aliphatic carbocycles. The number of carbonyl (C=O) groups excluding carboxylic acids is 2.